The third-order valence-electron chi connectivity index (χ3n) is 6.58. The van der Waals surface area contributed by atoms with Gasteiger partial charge in [-0.2, -0.15) is 0 Å². The highest BCUT2D eigenvalue weighted by Gasteiger charge is 2.49. The molecule has 0 aliphatic heterocycles. The summed E-state index contributed by atoms with van der Waals surface area (Å²) >= 11 is 0. The summed E-state index contributed by atoms with van der Waals surface area (Å²) < 4.78 is 0. The first kappa shape index (κ1) is 10.8. The summed E-state index contributed by atoms with van der Waals surface area (Å²) in [5.74, 6) is 2.15. The van der Waals surface area contributed by atoms with Crippen LogP contribution in [0, 0.1) is 11.8 Å². The third kappa shape index (κ3) is 1.77. The second kappa shape index (κ2) is 3.73. The third-order valence-corrected chi connectivity index (χ3v) is 6.58. The van der Waals surface area contributed by atoms with E-state index in [1.54, 1.807) is 0 Å². The van der Waals surface area contributed by atoms with Gasteiger partial charge in [0.25, 0.3) is 0 Å². The molecule has 0 N–H and O–H groups in total. The van der Waals surface area contributed by atoms with Gasteiger partial charge in [-0.3, -0.25) is 0 Å². The molecule has 95 valence electrons. The van der Waals surface area contributed by atoms with E-state index in [1.165, 1.54) is 77.0 Å². The van der Waals surface area contributed by atoms with Gasteiger partial charge in [0.1, 0.15) is 0 Å². The molecule has 6 aliphatic carbocycles. The number of nitrogens with zero attached hydrogens (tertiary/aromatic N) is 1. The van der Waals surface area contributed by atoms with Crippen molar-refractivity contribution in [1.82, 2.24) is 5.32 Å². The molecule has 1 heteroatoms. The van der Waals surface area contributed by atoms with Crippen molar-refractivity contribution >= 4 is 0 Å². The maximum absolute atomic E-state index is 5.57. The zero-order valence-electron chi connectivity index (χ0n) is 11.1. The molecule has 6 fully saturated rings. The number of rotatable bonds is 2. The van der Waals surface area contributed by atoms with Crippen molar-refractivity contribution in [2.24, 2.45) is 11.8 Å². The topological polar surface area (TPSA) is 14.1 Å². The molecule has 6 saturated carbocycles. The van der Waals surface area contributed by atoms with Gasteiger partial charge in [-0.25, -0.2) is 5.32 Å². The van der Waals surface area contributed by atoms with Gasteiger partial charge in [-0.15, -0.1) is 0 Å². The van der Waals surface area contributed by atoms with Crippen molar-refractivity contribution in [2.45, 2.75) is 88.1 Å². The van der Waals surface area contributed by atoms with Crippen LogP contribution in [0.1, 0.15) is 77.0 Å². The van der Waals surface area contributed by atoms with Crippen LogP contribution in [0.4, 0.5) is 0 Å². The maximum atomic E-state index is 5.57. The van der Waals surface area contributed by atoms with E-state index >= 15 is 0 Å². The first-order valence-electron chi connectivity index (χ1n) is 8.02. The van der Waals surface area contributed by atoms with Crippen LogP contribution >= 0.6 is 0 Å². The van der Waals surface area contributed by atoms with Crippen molar-refractivity contribution in [3.05, 3.63) is 0 Å². The normalized spacial score (nSPS) is 52.9. The lowest BCUT2D eigenvalue weighted by molar-refractivity contribution is 0.0146. The lowest BCUT2D eigenvalue weighted by atomic mass is 9.61. The minimum absolute atomic E-state index is 0.457. The first-order chi connectivity index (χ1) is 8.28. The van der Waals surface area contributed by atoms with Crippen molar-refractivity contribution < 1.29 is 0 Å². The van der Waals surface area contributed by atoms with Crippen LogP contribution in [0.3, 0.4) is 0 Å². The van der Waals surface area contributed by atoms with Gasteiger partial charge in [-0.1, -0.05) is 0 Å². The fourth-order valence-corrected chi connectivity index (χ4v) is 5.29. The standard InChI is InChI=1S/C16H26N/c1-7-15(8-2-13(1)3-9-15)17-16-10-4-14(5-11-16)6-12-16/h13-14H,1-12H2. The predicted octanol–water partition coefficient (Wildman–Crippen LogP) is 4.04. The Labute approximate surface area is 106 Å². The average molecular weight is 232 g/mol. The zero-order chi connectivity index (χ0) is 11.3. The van der Waals surface area contributed by atoms with E-state index < -0.39 is 0 Å². The fourth-order valence-electron chi connectivity index (χ4n) is 5.29. The van der Waals surface area contributed by atoms with Gasteiger partial charge in [0.15, 0.2) is 0 Å². The summed E-state index contributed by atoms with van der Waals surface area (Å²) in [7, 11) is 0. The highest BCUT2D eigenvalue weighted by molar-refractivity contribution is 5.06. The van der Waals surface area contributed by atoms with Gasteiger partial charge >= 0.3 is 0 Å². The molecule has 1 nitrogen and oxygen atoms in total. The predicted molar refractivity (Wildman–Crippen MR) is 70.0 cm³/mol. The molecule has 17 heavy (non-hydrogen) atoms. The second-order valence-electron chi connectivity index (χ2n) is 7.52. The lowest BCUT2D eigenvalue weighted by Crippen LogP contribution is -2.59. The average Bonchev–Trinajstić information content (AvgIpc) is 2.42. The van der Waals surface area contributed by atoms with E-state index in [0.717, 1.165) is 11.8 Å². The van der Waals surface area contributed by atoms with E-state index in [0.29, 0.717) is 11.1 Å². The molecule has 1 radical (unpaired) electrons. The highest BCUT2D eigenvalue weighted by atomic mass is 15.1. The Hall–Kier alpha value is -0.0400. The Morgan fingerprint density at radius 2 is 0.824 bits per heavy atom. The highest BCUT2D eigenvalue weighted by Crippen LogP contribution is 2.51. The Balaban J connectivity index is 1.52. The Morgan fingerprint density at radius 3 is 1.12 bits per heavy atom. The molecule has 0 aromatic heterocycles. The van der Waals surface area contributed by atoms with Crippen LogP contribution < -0.4 is 5.32 Å². The minimum atomic E-state index is 0.457. The monoisotopic (exact) mass is 232 g/mol. The van der Waals surface area contributed by atoms with E-state index in [2.05, 4.69) is 0 Å². The van der Waals surface area contributed by atoms with Gasteiger partial charge < -0.3 is 0 Å². The number of hydrogen-bond donors (Lipinski definition) is 0. The molecule has 0 amide bonds. The largest absolute Gasteiger partial charge is 0.228 e. The molecule has 0 aromatic rings. The van der Waals surface area contributed by atoms with E-state index in [1.807, 2.05) is 0 Å². The first-order valence-corrected chi connectivity index (χ1v) is 8.02. The Kier molecular flexibility index (Phi) is 2.38. The quantitative estimate of drug-likeness (QED) is 0.682. The summed E-state index contributed by atoms with van der Waals surface area (Å²) in [6.45, 7) is 0. The van der Waals surface area contributed by atoms with Crippen molar-refractivity contribution in [2.75, 3.05) is 0 Å². The molecule has 6 aliphatic rings. The summed E-state index contributed by atoms with van der Waals surface area (Å²) in [5, 5.41) is 5.57. The number of fused-ring (bicyclic) bond motifs is 6. The van der Waals surface area contributed by atoms with Crippen LogP contribution in [0.2, 0.25) is 0 Å². The van der Waals surface area contributed by atoms with Gasteiger partial charge in [0, 0.05) is 11.1 Å². The summed E-state index contributed by atoms with van der Waals surface area (Å²) in [6, 6.07) is 0. The molecule has 0 aromatic carbocycles. The second-order valence-corrected chi connectivity index (χ2v) is 7.52. The van der Waals surface area contributed by atoms with Crippen molar-refractivity contribution in [3.8, 4) is 0 Å². The van der Waals surface area contributed by atoms with Crippen LogP contribution in [0.25, 0.3) is 0 Å². The number of hydrogen-bond acceptors (Lipinski definition) is 0. The smallest absolute Gasteiger partial charge is 0.0363 e. The van der Waals surface area contributed by atoms with Gasteiger partial charge in [-0.05, 0) is 88.9 Å². The zero-order valence-corrected chi connectivity index (χ0v) is 11.1. The molecule has 0 spiro atoms. The van der Waals surface area contributed by atoms with Crippen LogP contribution in [0.5, 0.6) is 0 Å². The SMILES string of the molecule is C1CC2([N]C34CCC(CC3)CC4)CCC1CC2. The fraction of sp³-hybridized carbons (Fsp3) is 1.00. The van der Waals surface area contributed by atoms with E-state index in [-0.39, 0.29) is 0 Å². The van der Waals surface area contributed by atoms with Crippen LogP contribution in [-0.4, -0.2) is 11.1 Å². The van der Waals surface area contributed by atoms with Crippen LogP contribution in [0.15, 0.2) is 0 Å². The van der Waals surface area contributed by atoms with E-state index in [9.17, 15) is 0 Å². The van der Waals surface area contributed by atoms with E-state index in [4.69, 9.17) is 5.32 Å². The molecule has 6 rings (SSSR count). The van der Waals surface area contributed by atoms with Gasteiger partial charge in [0.05, 0.1) is 0 Å². The summed E-state index contributed by atoms with van der Waals surface area (Å²) in [6.07, 6.45) is 17.5. The van der Waals surface area contributed by atoms with Crippen LogP contribution in [-0.2, 0) is 0 Å². The molecule has 0 atom stereocenters. The molecule has 4 bridgehead atoms. The maximum Gasteiger partial charge on any atom is 0.0363 e. The summed E-state index contributed by atoms with van der Waals surface area (Å²) in [4.78, 5) is 0. The Bertz CT molecular complexity index is 235. The molecular formula is C16H26N. The molecule has 0 unspecified atom stereocenters. The molecular weight excluding hydrogens is 206 g/mol. The van der Waals surface area contributed by atoms with Gasteiger partial charge in [0.2, 0.25) is 0 Å². The van der Waals surface area contributed by atoms with Crippen molar-refractivity contribution in [3.63, 3.8) is 0 Å². The minimum Gasteiger partial charge on any atom is -0.228 e. The molecule has 0 saturated heterocycles. The van der Waals surface area contributed by atoms with Crippen molar-refractivity contribution in [1.29, 1.82) is 0 Å². The summed E-state index contributed by atoms with van der Waals surface area (Å²) in [5.41, 5.74) is 0.915. The lowest BCUT2D eigenvalue weighted by Gasteiger charge is -2.54. The Morgan fingerprint density at radius 1 is 0.529 bits per heavy atom. The molecule has 0 heterocycles.